The lowest BCUT2D eigenvalue weighted by atomic mass is 10.2. The van der Waals surface area contributed by atoms with Crippen LogP contribution in [0, 0.1) is 0 Å². The molecule has 1 aliphatic heterocycles. The maximum absolute atomic E-state index is 3.41. The second kappa shape index (κ2) is 5.63. The number of piperazine rings is 1. The predicted molar refractivity (Wildman–Crippen MR) is 83.8 cm³/mol. The number of thiophene rings is 1. The number of nitrogens with one attached hydrogen (secondary N) is 1. The Labute approximate surface area is 118 Å². The van der Waals surface area contributed by atoms with Crippen LogP contribution in [0.3, 0.4) is 0 Å². The summed E-state index contributed by atoms with van der Waals surface area (Å²) >= 11 is 1.72. The summed E-state index contributed by atoms with van der Waals surface area (Å²) in [6.07, 6.45) is 0. The Morgan fingerprint density at radius 3 is 2.37 bits per heavy atom. The molecule has 0 amide bonds. The molecule has 4 heteroatoms. The number of hydrogen-bond donors (Lipinski definition) is 1. The number of benzene rings is 1. The fourth-order valence-electron chi connectivity index (χ4n) is 2.31. The van der Waals surface area contributed by atoms with Gasteiger partial charge < -0.3 is 15.1 Å². The van der Waals surface area contributed by atoms with Gasteiger partial charge in [-0.05, 0) is 48.8 Å². The molecular formula is C15H19N3S. The molecule has 19 heavy (non-hydrogen) atoms. The highest BCUT2D eigenvalue weighted by atomic mass is 32.1. The van der Waals surface area contributed by atoms with Crippen molar-refractivity contribution in [2.75, 3.05) is 43.4 Å². The van der Waals surface area contributed by atoms with Crippen molar-refractivity contribution < 1.29 is 0 Å². The summed E-state index contributed by atoms with van der Waals surface area (Å²) in [5.41, 5.74) is 2.48. The first-order chi connectivity index (χ1) is 9.31. The third kappa shape index (κ3) is 3.08. The largest absolute Gasteiger partial charge is 0.369 e. The molecule has 2 aromatic rings. The van der Waals surface area contributed by atoms with Crippen LogP contribution in [0.2, 0.25) is 0 Å². The van der Waals surface area contributed by atoms with Gasteiger partial charge in [0.05, 0.1) is 5.00 Å². The zero-order chi connectivity index (χ0) is 13.1. The van der Waals surface area contributed by atoms with E-state index in [9.17, 15) is 0 Å². The van der Waals surface area contributed by atoms with E-state index in [1.165, 1.54) is 10.7 Å². The van der Waals surface area contributed by atoms with Gasteiger partial charge in [0.25, 0.3) is 0 Å². The van der Waals surface area contributed by atoms with Crippen LogP contribution in [0.4, 0.5) is 16.4 Å². The van der Waals surface area contributed by atoms with Gasteiger partial charge in [-0.25, -0.2) is 0 Å². The molecule has 1 N–H and O–H groups in total. The van der Waals surface area contributed by atoms with Gasteiger partial charge in [0, 0.05) is 37.6 Å². The predicted octanol–water partition coefficient (Wildman–Crippen LogP) is 3.24. The summed E-state index contributed by atoms with van der Waals surface area (Å²) in [6.45, 7) is 4.53. The minimum absolute atomic E-state index is 1.12. The van der Waals surface area contributed by atoms with Crippen molar-refractivity contribution in [1.82, 2.24) is 4.90 Å². The van der Waals surface area contributed by atoms with Crippen LogP contribution < -0.4 is 10.2 Å². The molecule has 0 spiro atoms. The Bertz CT molecular complexity index is 499. The number of nitrogens with zero attached hydrogens (tertiary/aromatic N) is 2. The number of rotatable bonds is 3. The Morgan fingerprint density at radius 2 is 1.74 bits per heavy atom. The maximum atomic E-state index is 3.41. The minimum atomic E-state index is 1.12. The Hall–Kier alpha value is -1.52. The van der Waals surface area contributed by atoms with Crippen LogP contribution in [0.1, 0.15) is 0 Å². The molecule has 3 rings (SSSR count). The van der Waals surface area contributed by atoms with Gasteiger partial charge in [0.15, 0.2) is 0 Å². The van der Waals surface area contributed by atoms with Gasteiger partial charge >= 0.3 is 0 Å². The van der Waals surface area contributed by atoms with Gasteiger partial charge in [-0.1, -0.05) is 0 Å². The second-order valence-electron chi connectivity index (χ2n) is 4.94. The lowest BCUT2D eigenvalue weighted by molar-refractivity contribution is 0.313. The van der Waals surface area contributed by atoms with E-state index in [1.54, 1.807) is 11.3 Å². The lowest BCUT2D eigenvalue weighted by Gasteiger charge is -2.34. The smallest absolute Gasteiger partial charge is 0.0926 e. The Morgan fingerprint density at radius 1 is 1.00 bits per heavy atom. The molecule has 0 aliphatic carbocycles. The van der Waals surface area contributed by atoms with E-state index in [-0.39, 0.29) is 0 Å². The summed E-state index contributed by atoms with van der Waals surface area (Å²) in [6, 6.07) is 12.9. The standard InChI is InChI=1S/C15H19N3S/c1-17-8-10-18(11-9-17)14-6-4-13(5-7-14)16-15-3-2-12-19-15/h2-7,12,16H,8-11H2,1H3. The monoisotopic (exact) mass is 273 g/mol. The zero-order valence-electron chi connectivity index (χ0n) is 11.2. The second-order valence-corrected chi connectivity index (χ2v) is 5.89. The topological polar surface area (TPSA) is 18.5 Å². The molecule has 1 saturated heterocycles. The van der Waals surface area contributed by atoms with E-state index in [1.807, 2.05) is 0 Å². The van der Waals surface area contributed by atoms with Crippen LogP contribution in [0.5, 0.6) is 0 Å². The van der Waals surface area contributed by atoms with Gasteiger partial charge in [0.2, 0.25) is 0 Å². The summed E-state index contributed by atoms with van der Waals surface area (Å²) < 4.78 is 0. The minimum Gasteiger partial charge on any atom is -0.369 e. The molecule has 1 aromatic carbocycles. The van der Waals surface area contributed by atoms with Crippen molar-refractivity contribution in [2.24, 2.45) is 0 Å². The average Bonchev–Trinajstić information content (AvgIpc) is 2.94. The molecule has 0 unspecified atom stereocenters. The summed E-state index contributed by atoms with van der Waals surface area (Å²) in [7, 11) is 2.19. The highest BCUT2D eigenvalue weighted by Gasteiger charge is 2.13. The SMILES string of the molecule is CN1CCN(c2ccc(Nc3cccs3)cc2)CC1. The van der Waals surface area contributed by atoms with Crippen molar-refractivity contribution >= 4 is 27.7 Å². The van der Waals surface area contributed by atoms with E-state index in [0.29, 0.717) is 0 Å². The van der Waals surface area contributed by atoms with Crippen molar-refractivity contribution in [2.45, 2.75) is 0 Å². The van der Waals surface area contributed by atoms with Crippen LogP contribution >= 0.6 is 11.3 Å². The first-order valence-electron chi connectivity index (χ1n) is 6.65. The van der Waals surface area contributed by atoms with Gasteiger partial charge in [-0.3, -0.25) is 0 Å². The normalized spacial score (nSPS) is 16.6. The molecule has 2 heterocycles. The van der Waals surface area contributed by atoms with E-state index in [2.05, 4.69) is 63.9 Å². The molecule has 0 bridgehead atoms. The fraction of sp³-hybridized carbons (Fsp3) is 0.333. The van der Waals surface area contributed by atoms with E-state index < -0.39 is 0 Å². The lowest BCUT2D eigenvalue weighted by Crippen LogP contribution is -2.44. The van der Waals surface area contributed by atoms with Crippen LogP contribution in [-0.2, 0) is 0 Å². The molecule has 1 aromatic heterocycles. The summed E-state index contributed by atoms with van der Waals surface area (Å²) in [5.74, 6) is 0. The molecule has 3 nitrogen and oxygen atoms in total. The molecule has 0 radical (unpaired) electrons. The van der Waals surface area contributed by atoms with Crippen molar-refractivity contribution in [1.29, 1.82) is 0 Å². The van der Waals surface area contributed by atoms with E-state index in [4.69, 9.17) is 0 Å². The third-order valence-corrected chi connectivity index (χ3v) is 4.31. The van der Waals surface area contributed by atoms with Crippen LogP contribution in [-0.4, -0.2) is 38.1 Å². The maximum Gasteiger partial charge on any atom is 0.0926 e. The molecular weight excluding hydrogens is 254 g/mol. The Kier molecular flexibility index (Phi) is 3.71. The highest BCUT2D eigenvalue weighted by molar-refractivity contribution is 7.14. The number of anilines is 3. The Balaban J connectivity index is 1.65. The summed E-state index contributed by atoms with van der Waals surface area (Å²) in [4.78, 5) is 4.83. The molecule has 1 aliphatic rings. The van der Waals surface area contributed by atoms with Gasteiger partial charge in [-0.15, -0.1) is 11.3 Å². The molecule has 1 fully saturated rings. The van der Waals surface area contributed by atoms with Crippen molar-refractivity contribution in [3.8, 4) is 0 Å². The summed E-state index contributed by atoms with van der Waals surface area (Å²) in [5, 5.41) is 6.68. The third-order valence-electron chi connectivity index (χ3n) is 3.52. The van der Waals surface area contributed by atoms with Crippen molar-refractivity contribution in [3.05, 3.63) is 41.8 Å². The van der Waals surface area contributed by atoms with E-state index >= 15 is 0 Å². The average molecular weight is 273 g/mol. The van der Waals surface area contributed by atoms with Gasteiger partial charge in [-0.2, -0.15) is 0 Å². The zero-order valence-corrected chi connectivity index (χ0v) is 12.0. The van der Waals surface area contributed by atoms with Crippen LogP contribution in [0.15, 0.2) is 41.8 Å². The molecule has 0 atom stereocenters. The number of hydrogen-bond acceptors (Lipinski definition) is 4. The van der Waals surface area contributed by atoms with Crippen LogP contribution in [0.25, 0.3) is 0 Å². The van der Waals surface area contributed by atoms with Crippen molar-refractivity contribution in [3.63, 3.8) is 0 Å². The fourth-order valence-corrected chi connectivity index (χ4v) is 2.95. The quantitative estimate of drug-likeness (QED) is 0.926. The first kappa shape index (κ1) is 12.5. The first-order valence-corrected chi connectivity index (χ1v) is 7.53. The van der Waals surface area contributed by atoms with Gasteiger partial charge in [0.1, 0.15) is 0 Å². The highest BCUT2D eigenvalue weighted by Crippen LogP contribution is 2.24. The number of likely N-dealkylation sites (N-methyl/N-ethyl adjacent to an activating group) is 1. The molecule has 0 saturated carbocycles. The van der Waals surface area contributed by atoms with E-state index in [0.717, 1.165) is 31.9 Å². The molecule has 100 valence electrons.